The third-order valence-electron chi connectivity index (χ3n) is 2.20. The number of hydrogen-bond donors (Lipinski definition) is 1. The minimum atomic E-state index is -0.446. The number of carbonyl (C=O) groups excluding carboxylic acids is 1. The van der Waals surface area contributed by atoms with Crippen molar-refractivity contribution in [1.82, 2.24) is 0 Å². The SMILES string of the molecule is CC(=O)Nc1oc2ccccc2c(=O)c1C#N. The lowest BCUT2D eigenvalue weighted by molar-refractivity contribution is -0.114. The molecule has 0 aliphatic rings. The molecule has 0 aliphatic carbocycles. The third kappa shape index (κ3) is 1.88. The fourth-order valence-electron chi connectivity index (χ4n) is 1.49. The van der Waals surface area contributed by atoms with Gasteiger partial charge in [0.05, 0.1) is 5.39 Å². The van der Waals surface area contributed by atoms with Gasteiger partial charge in [0.25, 0.3) is 0 Å². The highest BCUT2D eigenvalue weighted by Gasteiger charge is 2.14. The zero-order valence-electron chi connectivity index (χ0n) is 8.98. The number of nitrogens with zero attached hydrogens (tertiary/aromatic N) is 1. The number of anilines is 1. The van der Waals surface area contributed by atoms with E-state index in [4.69, 9.17) is 9.68 Å². The second kappa shape index (κ2) is 4.10. The number of hydrogen-bond acceptors (Lipinski definition) is 4. The number of amides is 1. The number of nitrogens with one attached hydrogen (secondary N) is 1. The van der Waals surface area contributed by atoms with Gasteiger partial charge in [-0.2, -0.15) is 5.26 Å². The van der Waals surface area contributed by atoms with Crippen LogP contribution in [0.15, 0.2) is 33.5 Å². The van der Waals surface area contributed by atoms with Gasteiger partial charge in [-0.25, -0.2) is 0 Å². The molecule has 5 heteroatoms. The lowest BCUT2D eigenvalue weighted by Crippen LogP contribution is -2.14. The van der Waals surface area contributed by atoms with Gasteiger partial charge in [0.2, 0.25) is 17.2 Å². The molecule has 0 spiro atoms. The van der Waals surface area contributed by atoms with Crippen molar-refractivity contribution in [3.8, 4) is 6.07 Å². The van der Waals surface area contributed by atoms with Crippen LogP contribution in [-0.2, 0) is 4.79 Å². The molecule has 1 amide bonds. The summed E-state index contributed by atoms with van der Waals surface area (Å²) in [7, 11) is 0. The van der Waals surface area contributed by atoms with Crippen molar-refractivity contribution in [2.45, 2.75) is 6.92 Å². The lowest BCUT2D eigenvalue weighted by atomic mass is 10.1. The van der Waals surface area contributed by atoms with Crippen LogP contribution in [0.5, 0.6) is 0 Å². The van der Waals surface area contributed by atoms with E-state index in [9.17, 15) is 9.59 Å². The van der Waals surface area contributed by atoms with Crippen LogP contribution >= 0.6 is 0 Å². The quantitative estimate of drug-likeness (QED) is 0.803. The summed E-state index contributed by atoms with van der Waals surface area (Å²) in [6.45, 7) is 1.27. The van der Waals surface area contributed by atoms with E-state index in [2.05, 4.69) is 5.32 Å². The maximum Gasteiger partial charge on any atom is 0.223 e. The summed E-state index contributed by atoms with van der Waals surface area (Å²) in [5.74, 6) is -0.511. The molecular formula is C12H8N2O3. The summed E-state index contributed by atoms with van der Waals surface area (Å²) < 4.78 is 5.32. The molecule has 1 N–H and O–H groups in total. The first-order valence-corrected chi connectivity index (χ1v) is 4.87. The van der Waals surface area contributed by atoms with E-state index < -0.39 is 11.3 Å². The van der Waals surface area contributed by atoms with Crippen molar-refractivity contribution < 1.29 is 9.21 Å². The fraction of sp³-hybridized carbons (Fsp3) is 0.0833. The number of rotatable bonds is 1. The zero-order chi connectivity index (χ0) is 12.4. The molecular weight excluding hydrogens is 220 g/mol. The van der Waals surface area contributed by atoms with Crippen LogP contribution in [0.25, 0.3) is 11.0 Å². The van der Waals surface area contributed by atoms with Gasteiger partial charge in [0.15, 0.2) is 5.56 Å². The highest BCUT2D eigenvalue weighted by Crippen LogP contribution is 2.18. The van der Waals surface area contributed by atoms with Crippen molar-refractivity contribution in [1.29, 1.82) is 5.26 Å². The van der Waals surface area contributed by atoms with Crippen molar-refractivity contribution in [2.75, 3.05) is 5.32 Å². The molecule has 0 saturated heterocycles. The molecule has 0 atom stereocenters. The zero-order valence-corrected chi connectivity index (χ0v) is 8.98. The van der Waals surface area contributed by atoms with E-state index >= 15 is 0 Å². The molecule has 17 heavy (non-hydrogen) atoms. The summed E-state index contributed by atoms with van der Waals surface area (Å²) in [4.78, 5) is 22.9. The van der Waals surface area contributed by atoms with E-state index in [1.54, 1.807) is 30.3 Å². The Labute approximate surface area is 96.3 Å². The smallest absolute Gasteiger partial charge is 0.223 e. The molecule has 1 aromatic heterocycles. The van der Waals surface area contributed by atoms with E-state index in [0.717, 1.165) is 0 Å². The van der Waals surface area contributed by atoms with Gasteiger partial charge < -0.3 is 4.42 Å². The fourth-order valence-corrected chi connectivity index (χ4v) is 1.49. The van der Waals surface area contributed by atoms with Gasteiger partial charge in [-0.3, -0.25) is 14.9 Å². The first kappa shape index (κ1) is 10.9. The average molecular weight is 228 g/mol. The van der Waals surface area contributed by atoms with Crippen LogP contribution in [0.2, 0.25) is 0 Å². The van der Waals surface area contributed by atoms with Crippen LogP contribution < -0.4 is 10.7 Å². The number of fused-ring (bicyclic) bond motifs is 1. The Hall–Kier alpha value is -2.61. The first-order valence-electron chi connectivity index (χ1n) is 4.87. The lowest BCUT2D eigenvalue weighted by Gasteiger charge is -2.04. The molecule has 1 heterocycles. The summed E-state index contributed by atoms with van der Waals surface area (Å²) in [6, 6.07) is 8.29. The Kier molecular flexibility index (Phi) is 2.63. The Morgan fingerprint density at radius 1 is 1.41 bits per heavy atom. The van der Waals surface area contributed by atoms with Gasteiger partial charge in [-0.15, -0.1) is 0 Å². The number of carbonyl (C=O) groups is 1. The maximum absolute atomic E-state index is 11.9. The predicted molar refractivity (Wildman–Crippen MR) is 61.5 cm³/mol. The van der Waals surface area contributed by atoms with Gasteiger partial charge in [-0.05, 0) is 12.1 Å². The molecule has 0 saturated carbocycles. The standard InChI is InChI=1S/C12H8N2O3/c1-7(15)14-12-9(6-13)11(16)8-4-2-3-5-10(8)17-12/h2-5H,1H3,(H,14,15). The summed E-state index contributed by atoms with van der Waals surface area (Å²) in [6.07, 6.45) is 0. The van der Waals surface area contributed by atoms with Gasteiger partial charge in [-0.1, -0.05) is 12.1 Å². The van der Waals surface area contributed by atoms with E-state index in [-0.39, 0.29) is 11.4 Å². The summed E-state index contributed by atoms with van der Waals surface area (Å²) in [5.41, 5.74) is -0.308. The molecule has 0 fully saturated rings. The second-order valence-electron chi connectivity index (χ2n) is 3.42. The van der Waals surface area contributed by atoms with Crippen LogP contribution in [0.3, 0.4) is 0 Å². The number of para-hydroxylation sites is 1. The molecule has 0 unspecified atom stereocenters. The van der Waals surface area contributed by atoms with Crippen LogP contribution in [0.1, 0.15) is 12.5 Å². The van der Waals surface area contributed by atoms with Crippen molar-refractivity contribution >= 4 is 22.8 Å². The highest BCUT2D eigenvalue weighted by atomic mass is 16.4. The van der Waals surface area contributed by atoms with Crippen LogP contribution in [0, 0.1) is 11.3 Å². The Balaban J connectivity index is 2.81. The normalized spacial score (nSPS) is 9.88. The molecule has 84 valence electrons. The minimum Gasteiger partial charge on any atom is -0.439 e. The number of nitriles is 1. The van der Waals surface area contributed by atoms with Crippen LogP contribution in [0.4, 0.5) is 5.88 Å². The van der Waals surface area contributed by atoms with Gasteiger partial charge in [0, 0.05) is 6.92 Å². The van der Waals surface area contributed by atoms with Crippen molar-refractivity contribution in [2.24, 2.45) is 0 Å². The van der Waals surface area contributed by atoms with Crippen molar-refractivity contribution in [3.05, 3.63) is 40.1 Å². The largest absolute Gasteiger partial charge is 0.439 e. The van der Waals surface area contributed by atoms with E-state index in [0.29, 0.717) is 11.0 Å². The summed E-state index contributed by atoms with van der Waals surface area (Å²) in [5, 5.41) is 11.6. The molecule has 5 nitrogen and oxygen atoms in total. The number of benzene rings is 1. The first-order chi connectivity index (χ1) is 8.13. The van der Waals surface area contributed by atoms with E-state index in [1.807, 2.05) is 0 Å². The third-order valence-corrected chi connectivity index (χ3v) is 2.20. The van der Waals surface area contributed by atoms with Gasteiger partial charge in [0.1, 0.15) is 11.7 Å². The van der Waals surface area contributed by atoms with Crippen molar-refractivity contribution in [3.63, 3.8) is 0 Å². The predicted octanol–water partition coefficient (Wildman–Crippen LogP) is 1.62. The Morgan fingerprint density at radius 3 is 2.76 bits per heavy atom. The Bertz CT molecular complexity index is 695. The second-order valence-corrected chi connectivity index (χ2v) is 3.42. The molecule has 0 radical (unpaired) electrons. The summed E-state index contributed by atoms with van der Waals surface area (Å²) >= 11 is 0. The topological polar surface area (TPSA) is 83.1 Å². The van der Waals surface area contributed by atoms with Crippen LogP contribution in [-0.4, -0.2) is 5.91 Å². The average Bonchev–Trinajstić information content (AvgIpc) is 2.29. The molecule has 0 bridgehead atoms. The van der Waals surface area contributed by atoms with E-state index in [1.165, 1.54) is 6.92 Å². The molecule has 0 aliphatic heterocycles. The molecule has 1 aromatic carbocycles. The molecule has 2 aromatic rings. The monoisotopic (exact) mass is 228 g/mol. The Morgan fingerprint density at radius 2 is 2.12 bits per heavy atom. The minimum absolute atomic E-state index is 0.108. The van der Waals surface area contributed by atoms with Gasteiger partial charge >= 0.3 is 0 Å². The molecule has 2 rings (SSSR count). The maximum atomic E-state index is 11.9. The highest BCUT2D eigenvalue weighted by molar-refractivity contribution is 5.90.